The Balaban J connectivity index is 2.42. The van der Waals surface area contributed by atoms with Gasteiger partial charge in [0.25, 0.3) is 0 Å². The number of hydrogen-bond donors (Lipinski definition) is 1. The average Bonchev–Trinajstić information content (AvgIpc) is 2.85. The molecule has 7 heteroatoms. The SMILES string of the molecule is COc1ccc([N+](=O)[O-])c(N2CCCC2CO)n1. The summed E-state index contributed by atoms with van der Waals surface area (Å²) in [6, 6.07) is 2.74. The molecule has 2 heterocycles. The number of aliphatic hydroxyl groups is 1. The van der Waals surface area contributed by atoms with Crippen LogP contribution in [0.2, 0.25) is 0 Å². The first-order chi connectivity index (χ1) is 8.67. The van der Waals surface area contributed by atoms with Gasteiger partial charge in [-0.3, -0.25) is 10.1 Å². The quantitative estimate of drug-likeness (QED) is 0.635. The zero-order valence-corrected chi connectivity index (χ0v) is 10.1. The molecule has 0 aromatic carbocycles. The molecule has 1 aliphatic rings. The van der Waals surface area contributed by atoms with E-state index < -0.39 is 4.92 Å². The van der Waals surface area contributed by atoms with Gasteiger partial charge >= 0.3 is 5.69 Å². The summed E-state index contributed by atoms with van der Waals surface area (Å²) in [5, 5.41) is 20.3. The molecule has 7 nitrogen and oxygen atoms in total. The highest BCUT2D eigenvalue weighted by molar-refractivity contribution is 5.60. The molecule has 1 aliphatic heterocycles. The topological polar surface area (TPSA) is 88.7 Å². The number of nitrogens with zero attached hydrogens (tertiary/aromatic N) is 3. The highest BCUT2D eigenvalue weighted by atomic mass is 16.6. The van der Waals surface area contributed by atoms with Crippen LogP contribution in [0, 0.1) is 10.1 Å². The second kappa shape index (κ2) is 5.18. The smallest absolute Gasteiger partial charge is 0.311 e. The Bertz CT molecular complexity index is 452. The summed E-state index contributed by atoms with van der Waals surface area (Å²) in [5.41, 5.74) is -0.0591. The maximum absolute atomic E-state index is 11.0. The lowest BCUT2D eigenvalue weighted by molar-refractivity contribution is -0.384. The first-order valence-electron chi connectivity index (χ1n) is 5.74. The Hall–Kier alpha value is -1.89. The minimum atomic E-state index is -0.464. The van der Waals surface area contributed by atoms with E-state index in [1.54, 1.807) is 4.90 Å². The fraction of sp³-hybridized carbons (Fsp3) is 0.545. The van der Waals surface area contributed by atoms with Gasteiger partial charge in [-0.1, -0.05) is 0 Å². The second-order valence-electron chi connectivity index (χ2n) is 4.13. The van der Waals surface area contributed by atoms with Gasteiger partial charge in [0.15, 0.2) is 0 Å². The van der Waals surface area contributed by atoms with Crippen molar-refractivity contribution in [2.24, 2.45) is 0 Å². The van der Waals surface area contributed by atoms with E-state index in [0.717, 1.165) is 12.8 Å². The van der Waals surface area contributed by atoms with Crippen molar-refractivity contribution in [1.29, 1.82) is 0 Å². The lowest BCUT2D eigenvalue weighted by atomic mass is 10.2. The predicted molar refractivity (Wildman–Crippen MR) is 64.9 cm³/mol. The van der Waals surface area contributed by atoms with Gasteiger partial charge in [0.2, 0.25) is 11.7 Å². The molecule has 2 rings (SSSR count). The maximum atomic E-state index is 11.0. The Morgan fingerprint density at radius 1 is 1.67 bits per heavy atom. The summed E-state index contributed by atoms with van der Waals surface area (Å²) in [7, 11) is 1.46. The molecule has 1 atom stereocenters. The molecule has 0 saturated carbocycles. The van der Waals surface area contributed by atoms with Crippen LogP contribution >= 0.6 is 0 Å². The van der Waals surface area contributed by atoms with E-state index in [0.29, 0.717) is 12.4 Å². The highest BCUT2D eigenvalue weighted by Gasteiger charge is 2.31. The monoisotopic (exact) mass is 253 g/mol. The highest BCUT2D eigenvalue weighted by Crippen LogP contribution is 2.33. The maximum Gasteiger partial charge on any atom is 0.311 e. The number of aliphatic hydroxyl groups excluding tert-OH is 1. The minimum absolute atomic E-state index is 0.0317. The summed E-state index contributed by atoms with van der Waals surface area (Å²) in [6.07, 6.45) is 1.70. The van der Waals surface area contributed by atoms with E-state index in [1.807, 2.05) is 0 Å². The van der Waals surface area contributed by atoms with Crippen molar-refractivity contribution in [3.05, 3.63) is 22.2 Å². The van der Waals surface area contributed by atoms with Crippen LogP contribution in [0.1, 0.15) is 12.8 Å². The number of ether oxygens (including phenoxy) is 1. The van der Waals surface area contributed by atoms with E-state index in [9.17, 15) is 15.2 Å². The van der Waals surface area contributed by atoms with Crippen molar-refractivity contribution in [3.63, 3.8) is 0 Å². The van der Waals surface area contributed by atoms with Crippen LogP contribution in [0.25, 0.3) is 0 Å². The fourth-order valence-corrected chi connectivity index (χ4v) is 2.20. The first-order valence-corrected chi connectivity index (χ1v) is 5.74. The Morgan fingerprint density at radius 3 is 3.06 bits per heavy atom. The van der Waals surface area contributed by atoms with Gasteiger partial charge in [0.1, 0.15) is 0 Å². The number of rotatable bonds is 4. The molecule has 1 unspecified atom stereocenters. The van der Waals surface area contributed by atoms with Crippen molar-refractivity contribution >= 4 is 11.5 Å². The van der Waals surface area contributed by atoms with Crippen molar-refractivity contribution in [1.82, 2.24) is 4.98 Å². The Morgan fingerprint density at radius 2 is 2.44 bits per heavy atom. The van der Waals surface area contributed by atoms with Gasteiger partial charge in [-0.25, -0.2) is 0 Å². The number of hydrogen-bond acceptors (Lipinski definition) is 6. The van der Waals surface area contributed by atoms with Crippen LogP contribution in [-0.4, -0.2) is 41.3 Å². The zero-order valence-electron chi connectivity index (χ0n) is 10.1. The molecule has 0 spiro atoms. The number of nitro groups is 1. The van der Waals surface area contributed by atoms with Crippen LogP contribution in [-0.2, 0) is 0 Å². The number of anilines is 1. The molecule has 1 aromatic rings. The third-order valence-corrected chi connectivity index (χ3v) is 3.09. The lowest BCUT2D eigenvalue weighted by Crippen LogP contribution is -2.33. The standard InChI is InChI=1S/C11H15N3O4/c1-18-10-5-4-9(14(16)17)11(12-10)13-6-2-3-8(13)7-15/h4-5,8,15H,2-3,6-7H2,1H3. The van der Waals surface area contributed by atoms with Crippen LogP contribution in [0.15, 0.2) is 12.1 Å². The number of pyridine rings is 1. The Labute approximate surface area is 104 Å². The van der Waals surface area contributed by atoms with Gasteiger partial charge in [-0.2, -0.15) is 4.98 Å². The van der Waals surface area contributed by atoms with Crippen LogP contribution in [0.5, 0.6) is 5.88 Å². The molecule has 0 bridgehead atoms. The van der Waals surface area contributed by atoms with E-state index in [4.69, 9.17) is 4.74 Å². The third kappa shape index (κ3) is 2.21. The predicted octanol–water partition coefficient (Wildman–Crippen LogP) is 0.959. The average molecular weight is 253 g/mol. The van der Waals surface area contributed by atoms with E-state index in [2.05, 4.69) is 4.98 Å². The van der Waals surface area contributed by atoms with Crippen molar-refractivity contribution in [2.45, 2.75) is 18.9 Å². The molecule has 18 heavy (non-hydrogen) atoms. The van der Waals surface area contributed by atoms with Gasteiger partial charge in [-0.05, 0) is 12.8 Å². The van der Waals surface area contributed by atoms with Gasteiger partial charge in [0, 0.05) is 18.7 Å². The Kier molecular flexibility index (Phi) is 3.61. The summed E-state index contributed by atoms with van der Waals surface area (Å²) < 4.78 is 5.00. The molecule has 1 N–H and O–H groups in total. The molecule has 1 aromatic heterocycles. The minimum Gasteiger partial charge on any atom is -0.481 e. The largest absolute Gasteiger partial charge is 0.481 e. The van der Waals surface area contributed by atoms with Gasteiger partial charge < -0.3 is 14.7 Å². The summed E-state index contributed by atoms with van der Waals surface area (Å²) in [4.78, 5) is 16.5. The zero-order chi connectivity index (χ0) is 13.1. The third-order valence-electron chi connectivity index (χ3n) is 3.09. The molecule has 98 valence electrons. The first kappa shape index (κ1) is 12.6. The van der Waals surface area contributed by atoms with Gasteiger partial charge in [0.05, 0.1) is 24.7 Å². The van der Waals surface area contributed by atoms with E-state index in [1.165, 1.54) is 19.2 Å². The molecule has 1 fully saturated rings. The van der Waals surface area contributed by atoms with Crippen LogP contribution in [0.4, 0.5) is 11.5 Å². The van der Waals surface area contributed by atoms with Crippen LogP contribution in [0.3, 0.4) is 0 Å². The molecule has 1 saturated heterocycles. The summed E-state index contributed by atoms with van der Waals surface area (Å²) in [6.45, 7) is 0.627. The second-order valence-corrected chi connectivity index (χ2v) is 4.13. The van der Waals surface area contributed by atoms with Crippen molar-refractivity contribution < 1.29 is 14.8 Å². The molecular formula is C11H15N3O4. The molecule has 0 radical (unpaired) electrons. The number of methoxy groups -OCH3 is 1. The molecule has 0 aliphatic carbocycles. The normalized spacial score (nSPS) is 19.0. The van der Waals surface area contributed by atoms with Crippen molar-refractivity contribution in [2.75, 3.05) is 25.2 Å². The summed E-state index contributed by atoms with van der Waals surface area (Å²) in [5.74, 6) is 0.607. The van der Waals surface area contributed by atoms with Crippen LogP contribution < -0.4 is 9.64 Å². The molecular weight excluding hydrogens is 238 g/mol. The van der Waals surface area contributed by atoms with E-state index >= 15 is 0 Å². The van der Waals surface area contributed by atoms with Gasteiger partial charge in [-0.15, -0.1) is 0 Å². The van der Waals surface area contributed by atoms with E-state index in [-0.39, 0.29) is 24.2 Å². The summed E-state index contributed by atoms with van der Waals surface area (Å²) >= 11 is 0. The fourth-order valence-electron chi connectivity index (χ4n) is 2.20. The lowest BCUT2D eigenvalue weighted by Gasteiger charge is -2.23. The molecule has 0 amide bonds. The number of aromatic nitrogens is 1. The van der Waals surface area contributed by atoms with Crippen molar-refractivity contribution in [3.8, 4) is 5.88 Å².